The molecule has 30 heavy (non-hydrogen) atoms. The predicted molar refractivity (Wildman–Crippen MR) is 113 cm³/mol. The highest BCUT2D eigenvalue weighted by atomic mass is 32.2. The maximum Gasteiger partial charge on any atom is 0.243 e. The van der Waals surface area contributed by atoms with Gasteiger partial charge in [-0.1, -0.05) is 12.1 Å². The zero-order chi connectivity index (χ0) is 21.0. The maximum atomic E-state index is 12.6. The number of rotatable bonds is 7. The Labute approximate surface area is 175 Å². The monoisotopic (exact) mass is 425 g/mol. The molecule has 0 spiro atoms. The quantitative estimate of drug-likeness (QED) is 0.628. The van der Waals surface area contributed by atoms with Gasteiger partial charge in [0.25, 0.3) is 0 Å². The van der Waals surface area contributed by atoms with Gasteiger partial charge in [0.05, 0.1) is 16.8 Å². The lowest BCUT2D eigenvalue weighted by atomic mass is 10.1. The minimum absolute atomic E-state index is 0.124. The summed E-state index contributed by atoms with van der Waals surface area (Å²) < 4.78 is 28.4. The normalized spacial score (nSPS) is 14.7. The van der Waals surface area contributed by atoms with Crippen molar-refractivity contribution in [2.24, 2.45) is 0 Å². The minimum Gasteiger partial charge on any atom is -0.325 e. The van der Waals surface area contributed by atoms with Crippen LogP contribution in [0.4, 0.5) is 5.69 Å². The fourth-order valence-electron chi connectivity index (χ4n) is 3.39. The van der Waals surface area contributed by atoms with Crippen molar-refractivity contribution in [3.05, 3.63) is 66.9 Å². The van der Waals surface area contributed by atoms with Crippen LogP contribution in [-0.2, 0) is 21.2 Å². The van der Waals surface area contributed by atoms with Gasteiger partial charge in [0.2, 0.25) is 15.9 Å². The SMILES string of the molecule is O=C(CCc1ccc(S(=O)(=O)N2CCCC2)cc1)Nc1ccc(-n2ccnc2)nc1. The molecule has 1 aromatic carbocycles. The molecule has 1 amide bonds. The summed E-state index contributed by atoms with van der Waals surface area (Å²) in [6.07, 6.45) is 9.36. The summed E-state index contributed by atoms with van der Waals surface area (Å²) in [5, 5.41) is 2.83. The second kappa shape index (κ2) is 8.76. The summed E-state index contributed by atoms with van der Waals surface area (Å²) in [4.78, 5) is 20.8. The van der Waals surface area contributed by atoms with Gasteiger partial charge in [-0.3, -0.25) is 9.36 Å². The number of sulfonamides is 1. The Balaban J connectivity index is 1.30. The highest BCUT2D eigenvalue weighted by molar-refractivity contribution is 7.89. The number of anilines is 1. The standard InChI is InChI=1S/C21H23N5O3S/c27-21(24-18-6-9-20(23-15-18)25-14-11-22-16-25)10-5-17-3-7-19(8-4-17)30(28,29)26-12-1-2-13-26/h3-4,6-9,11,14-16H,1-2,5,10,12-13H2,(H,24,27). The largest absolute Gasteiger partial charge is 0.325 e. The molecule has 3 aromatic rings. The van der Waals surface area contributed by atoms with E-state index in [1.807, 2.05) is 0 Å². The van der Waals surface area contributed by atoms with E-state index in [4.69, 9.17) is 0 Å². The second-order valence-corrected chi connectivity index (χ2v) is 9.12. The van der Waals surface area contributed by atoms with E-state index in [0.717, 1.165) is 24.2 Å². The molecule has 1 aliphatic heterocycles. The zero-order valence-corrected chi connectivity index (χ0v) is 17.3. The van der Waals surface area contributed by atoms with Crippen LogP contribution in [-0.4, -0.2) is 46.3 Å². The molecule has 2 aromatic heterocycles. The Bertz CT molecular complexity index is 1090. The van der Waals surface area contributed by atoms with Crippen molar-refractivity contribution in [1.29, 1.82) is 0 Å². The zero-order valence-electron chi connectivity index (χ0n) is 16.4. The van der Waals surface area contributed by atoms with Gasteiger partial charge in [0.1, 0.15) is 12.1 Å². The Morgan fingerprint density at radius 2 is 1.83 bits per heavy atom. The number of aryl methyl sites for hydroxylation is 1. The molecule has 156 valence electrons. The summed E-state index contributed by atoms with van der Waals surface area (Å²) in [5.41, 5.74) is 1.54. The first-order chi connectivity index (χ1) is 14.5. The smallest absolute Gasteiger partial charge is 0.243 e. The third-order valence-corrected chi connectivity index (χ3v) is 6.98. The van der Waals surface area contributed by atoms with Crippen molar-refractivity contribution in [2.45, 2.75) is 30.6 Å². The molecular weight excluding hydrogens is 402 g/mol. The summed E-state index contributed by atoms with van der Waals surface area (Å²) >= 11 is 0. The summed E-state index contributed by atoms with van der Waals surface area (Å²) in [6.45, 7) is 1.17. The Kier molecular flexibility index (Phi) is 5.91. The Morgan fingerprint density at radius 3 is 2.47 bits per heavy atom. The van der Waals surface area contributed by atoms with E-state index in [0.29, 0.717) is 36.5 Å². The van der Waals surface area contributed by atoms with E-state index in [2.05, 4.69) is 15.3 Å². The van der Waals surface area contributed by atoms with Crippen LogP contribution >= 0.6 is 0 Å². The van der Waals surface area contributed by atoms with E-state index in [-0.39, 0.29) is 5.91 Å². The van der Waals surface area contributed by atoms with E-state index in [1.165, 1.54) is 4.31 Å². The van der Waals surface area contributed by atoms with Gasteiger partial charge in [-0.2, -0.15) is 4.31 Å². The van der Waals surface area contributed by atoms with Gasteiger partial charge >= 0.3 is 0 Å². The van der Waals surface area contributed by atoms with Crippen LogP contribution in [0.15, 0.2) is 66.2 Å². The van der Waals surface area contributed by atoms with Crippen LogP contribution in [0.25, 0.3) is 5.82 Å². The van der Waals surface area contributed by atoms with Crippen LogP contribution < -0.4 is 5.32 Å². The molecule has 1 saturated heterocycles. The number of hydrogen-bond acceptors (Lipinski definition) is 5. The van der Waals surface area contributed by atoms with Crippen molar-refractivity contribution in [3.63, 3.8) is 0 Å². The third-order valence-electron chi connectivity index (χ3n) is 5.07. The molecule has 8 nitrogen and oxygen atoms in total. The number of benzene rings is 1. The number of nitrogens with zero attached hydrogens (tertiary/aromatic N) is 4. The molecule has 1 aliphatic rings. The van der Waals surface area contributed by atoms with Crippen LogP contribution in [0.2, 0.25) is 0 Å². The number of nitrogens with one attached hydrogen (secondary N) is 1. The van der Waals surface area contributed by atoms with Crippen molar-refractivity contribution in [2.75, 3.05) is 18.4 Å². The van der Waals surface area contributed by atoms with Crippen molar-refractivity contribution in [1.82, 2.24) is 18.8 Å². The van der Waals surface area contributed by atoms with E-state index >= 15 is 0 Å². The van der Waals surface area contributed by atoms with Gasteiger partial charge in [-0.05, 0) is 49.1 Å². The average Bonchev–Trinajstić information content (AvgIpc) is 3.48. The molecule has 4 rings (SSSR count). The molecule has 0 radical (unpaired) electrons. The number of hydrogen-bond donors (Lipinski definition) is 1. The summed E-state index contributed by atoms with van der Waals surface area (Å²) in [7, 11) is -3.41. The van der Waals surface area contributed by atoms with E-state index in [1.54, 1.807) is 65.9 Å². The van der Waals surface area contributed by atoms with Crippen LogP contribution in [0, 0.1) is 0 Å². The molecule has 1 N–H and O–H groups in total. The lowest BCUT2D eigenvalue weighted by molar-refractivity contribution is -0.116. The van der Waals surface area contributed by atoms with Gasteiger partial charge < -0.3 is 5.32 Å². The molecule has 3 heterocycles. The van der Waals surface area contributed by atoms with Gasteiger partial charge in [-0.15, -0.1) is 0 Å². The first kappa shape index (κ1) is 20.2. The molecule has 0 aliphatic carbocycles. The average molecular weight is 426 g/mol. The number of pyridine rings is 1. The lowest BCUT2D eigenvalue weighted by Gasteiger charge is -2.15. The maximum absolute atomic E-state index is 12.6. The highest BCUT2D eigenvalue weighted by Gasteiger charge is 2.26. The molecule has 0 atom stereocenters. The number of aromatic nitrogens is 3. The van der Waals surface area contributed by atoms with E-state index in [9.17, 15) is 13.2 Å². The second-order valence-electron chi connectivity index (χ2n) is 7.18. The lowest BCUT2D eigenvalue weighted by Crippen LogP contribution is -2.27. The Morgan fingerprint density at radius 1 is 1.07 bits per heavy atom. The molecule has 1 fully saturated rings. The van der Waals surface area contributed by atoms with Gasteiger partial charge in [0, 0.05) is 31.9 Å². The van der Waals surface area contributed by atoms with Crippen molar-refractivity contribution >= 4 is 21.6 Å². The number of carbonyl (C=O) groups is 1. The van der Waals surface area contributed by atoms with Crippen LogP contribution in [0.3, 0.4) is 0 Å². The fourth-order valence-corrected chi connectivity index (χ4v) is 4.91. The molecular formula is C21H23N5O3S. The first-order valence-electron chi connectivity index (χ1n) is 9.86. The third kappa shape index (κ3) is 4.58. The van der Waals surface area contributed by atoms with Crippen LogP contribution in [0.1, 0.15) is 24.8 Å². The molecule has 9 heteroatoms. The highest BCUT2D eigenvalue weighted by Crippen LogP contribution is 2.21. The van der Waals surface area contributed by atoms with E-state index < -0.39 is 10.0 Å². The van der Waals surface area contributed by atoms with Gasteiger partial charge in [-0.25, -0.2) is 18.4 Å². The summed E-state index contributed by atoms with van der Waals surface area (Å²) in [6, 6.07) is 10.4. The number of imidazole rings is 1. The van der Waals surface area contributed by atoms with Gasteiger partial charge in [0.15, 0.2) is 0 Å². The Hall–Kier alpha value is -3.04. The first-order valence-corrected chi connectivity index (χ1v) is 11.3. The minimum atomic E-state index is -3.41. The molecule has 0 saturated carbocycles. The van der Waals surface area contributed by atoms with Crippen molar-refractivity contribution < 1.29 is 13.2 Å². The molecule has 0 bridgehead atoms. The molecule has 0 unspecified atom stereocenters. The number of carbonyl (C=O) groups excluding carboxylic acids is 1. The number of amides is 1. The fraction of sp³-hybridized carbons (Fsp3) is 0.286. The summed E-state index contributed by atoms with van der Waals surface area (Å²) in [5.74, 6) is 0.593. The topological polar surface area (TPSA) is 97.2 Å². The van der Waals surface area contributed by atoms with Crippen LogP contribution in [0.5, 0.6) is 0 Å². The predicted octanol–water partition coefficient (Wildman–Crippen LogP) is 2.62. The van der Waals surface area contributed by atoms with Crippen molar-refractivity contribution in [3.8, 4) is 5.82 Å².